The lowest BCUT2D eigenvalue weighted by Gasteiger charge is -2.36. The number of rotatable bonds is 3. The minimum absolute atomic E-state index is 0.189. The Morgan fingerprint density at radius 1 is 1.62 bits per heavy atom. The molecular formula is C14H21N3O4. The van der Waals surface area contributed by atoms with Gasteiger partial charge in [0.2, 0.25) is 0 Å². The summed E-state index contributed by atoms with van der Waals surface area (Å²) in [5, 5.41) is 0. The Labute approximate surface area is 123 Å². The Hall–Kier alpha value is -1.44. The number of fused-ring (bicyclic) bond motifs is 2. The summed E-state index contributed by atoms with van der Waals surface area (Å²) in [6.07, 6.45) is 2.20. The van der Waals surface area contributed by atoms with E-state index in [2.05, 4.69) is 11.9 Å². The average molecular weight is 295 g/mol. The summed E-state index contributed by atoms with van der Waals surface area (Å²) in [5.41, 5.74) is 5.58. The molecule has 0 spiro atoms. The Morgan fingerprint density at radius 3 is 3.00 bits per heavy atom. The zero-order valence-corrected chi connectivity index (χ0v) is 12.5. The van der Waals surface area contributed by atoms with Crippen molar-refractivity contribution in [1.82, 2.24) is 9.55 Å². The van der Waals surface area contributed by atoms with Crippen LogP contribution in [0, 0.1) is 6.92 Å². The van der Waals surface area contributed by atoms with Crippen molar-refractivity contribution in [3.8, 4) is 0 Å². The summed E-state index contributed by atoms with van der Waals surface area (Å²) in [6.45, 7) is 4.47. The topological polar surface area (TPSA) is 88.6 Å². The number of hydrogen-bond acceptors (Lipinski definition) is 6. The van der Waals surface area contributed by atoms with Gasteiger partial charge in [-0.15, -0.1) is 0 Å². The van der Waals surface area contributed by atoms with Gasteiger partial charge in [-0.3, -0.25) is 4.57 Å². The highest BCUT2D eigenvalue weighted by molar-refractivity contribution is 5.35. The maximum Gasteiger partial charge on any atom is 0.351 e. The molecule has 0 amide bonds. The van der Waals surface area contributed by atoms with Gasteiger partial charge in [-0.2, -0.15) is 4.98 Å². The van der Waals surface area contributed by atoms with Crippen LogP contribution in [-0.4, -0.2) is 41.1 Å². The molecule has 1 aromatic heterocycles. The first-order valence-corrected chi connectivity index (χ1v) is 7.20. The molecule has 0 aliphatic carbocycles. The standard InChI is InChI=1S/C14H21N3O4/c1-4-14-5-6-20-9(10(14)19-3)12(21-14)17-7-8(2)11(15)16-13(17)18/h7,9-10,12H,4-6H2,1-3H3,(H2,15,16,18)/t9-,10?,12+,14-/m0/s1. The number of aromatic nitrogens is 2. The second kappa shape index (κ2) is 5.08. The van der Waals surface area contributed by atoms with Crippen LogP contribution in [0.3, 0.4) is 0 Å². The van der Waals surface area contributed by atoms with Crippen LogP contribution < -0.4 is 11.4 Å². The van der Waals surface area contributed by atoms with E-state index in [1.807, 2.05) is 6.92 Å². The highest BCUT2D eigenvalue weighted by Gasteiger charge is 2.58. The largest absolute Gasteiger partial charge is 0.383 e. The summed E-state index contributed by atoms with van der Waals surface area (Å²) in [6, 6.07) is 0. The van der Waals surface area contributed by atoms with E-state index in [9.17, 15) is 4.79 Å². The van der Waals surface area contributed by atoms with Gasteiger partial charge in [0, 0.05) is 25.3 Å². The lowest BCUT2D eigenvalue weighted by Crippen LogP contribution is -2.49. The molecule has 3 heterocycles. The predicted molar refractivity (Wildman–Crippen MR) is 75.9 cm³/mol. The smallest absolute Gasteiger partial charge is 0.351 e. The van der Waals surface area contributed by atoms with Crippen molar-refractivity contribution < 1.29 is 14.2 Å². The number of nitrogen functional groups attached to an aromatic ring is 1. The predicted octanol–water partition coefficient (Wildman–Crippen LogP) is 0.615. The number of nitrogens with two attached hydrogens (primary N) is 1. The van der Waals surface area contributed by atoms with E-state index in [0.29, 0.717) is 6.61 Å². The van der Waals surface area contributed by atoms with E-state index in [4.69, 9.17) is 19.9 Å². The third-order valence-corrected chi connectivity index (χ3v) is 4.59. The van der Waals surface area contributed by atoms with E-state index in [0.717, 1.165) is 18.4 Å². The summed E-state index contributed by atoms with van der Waals surface area (Å²) >= 11 is 0. The normalized spacial score (nSPS) is 35.1. The van der Waals surface area contributed by atoms with Crippen molar-refractivity contribution in [3.05, 3.63) is 22.2 Å². The molecule has 3 rings (SSSR count). The number of anilines is 1. The molecule has 2 aliphatic heterocycles. The van der Waals surface area contributed by atoms with Gasteiger partial charge < -0.3 is 19.9 Å². The first-order chi connectivity index (χ1) is 10.0. The molecule has 0 saturated carbocycles. The highest BCUT2D eigenvalue weighted by Crippen LogP contribution is 2.47. The molecule has 7 heteroatoms. The lowest BCUT2D eigenvalue weighted by atomic mass is 9.87. The minimum Gasteiger partial charge on any atom is -0.383 e. The zero-order valence-electron chi connectivity index (χ0n) is 12.5. The third kappa shape index (κ3) is 2.07. The molecule has 2 fully saturated rings. The Balaban J connectivity index is 2.05. The molecule has 116 valence electrons. The SMILES string of the molecule is CC[C@]12CCO[C@@H](C1OC)[C@H](n1cc(C)c(N)nc1=O)O2. The summed E-state index contributed by atoms with van der Waals surface area (Å²) < 4.78 is 19.1. The van der Waals surface area contributed by atoms with Crippen molar-refractivity contribution >= 4 is 5.82 Å². The molecule has 4 atom stereocenters. The number of nitrogens with zero attached hydrogens (tertiary/aromatic N) is 2. The second-order valence-corrected chi connectivity index (χ2v) is 5.67. The Bertz CT molecular complexity index is 602. The van der Waals surface area contributed by atoms with E-state index in [1.165, 1.54) is 4.57 Å². The second-order valence-electron chi connectivity index (χ2n) is 5.67. The van der Waals surface area contributed by atoms with Crippen LogP contribution >= 0.6 is 0 Å². The van der Waals surface area contributed by atoms with Crippen LogP contribution in [0.15, 0.2) is 11.0 Å². The molecule has 2 aliphatic rings. The molecule has 2 saturated heterocycles. The third-order valence-electron chi connectivity index (χ3n) is 4.59. The summed E-state index contributed by atoms with van der Waals surface area (Å²) in [5.74, 6) is 0.242. The fourth-order valence-corrected chi connectivity index (χ4v) is 3.35. The first kappa shape index (κ1) is 14.5. The van der Waals surface area contributed by atoms with Gasteiger partial charge in [0.25, 0.3) is 0 Å². The first-order valence-electron chi connectivity index (χ1n) is 7.20. The van der Waals surface area contributed by atoms with Crippen molar-refractivity contribution in [2.45, 2.75) is 50.7 Å². The number of hydrogen-bond donors (Lipinski definition) is 1. The van der Waals surface area contributed by atoms with Gasteiger partial charge >= 0.3 is 5.69 Å². The fourth-order valence-electron chi connectivity index (χ4n) is 3.35. The van der Waals surface area contributed by atoms with Crippen molar-refractivity contribution in [1.29, 1.82) is 0 Å². The van der Waals surface area contributed by atoms with Gasteiger partial charge in [-0.05, 0) is 13.3 Å². The number of aryl methyl sites for hydroxylation is 1. The quantitative estimate of drug-likeness (QED) is 0.879. The maximum absolute atomic E-state index is 12.2. The summed E-state index contributed by atoms with van der Waals surface area (Å²) in [7, 11) is 1.65. The molecule has 2 N–H and O–H groups in total. The number of methoxy groups -OCH3 is 1. The van der Waals surface area contributed by atoms with E-state index in [1.54, 1.807) is 13.3 Å². The molecule has 7 nitrogen and oxygen atoms in total. The molecule has 1 aromatic rings. The van der Waals surface area contributed by atoms with Crippen LogP contribution in [0.4, 0.5) is 5.82 Å². The van der Waals surface area contributed by atoms with E-state index >= 15 is 0 Å². The number of ether oxygens (including phenoxy) is 3. The Kier molecular flexibility index (Phi) is 3.51. The van der Waals surface area contributed by atoms with E-state index in [-0.39, 0.29) is 18.0 Å². The maximum atomic E-state index is 12.2. The van der Waals surface area contributed by atoms with Crippen LogP contribution in [0.25, 0.3) is 0 Å². The minimum atomic E-state index is -0.531. The Morgan fingerprint density at radius 2 is 2.38 bits per heavy atom. The van der Waals surface area contributed by atoms with Crippen LogP contribution in [-0.2, 0) is 14.2 Å². The molecule has 0 radical (unpaired) electrons. The molecule has 1 unspecified atom stereocenters. The lowest BCUT2D eigenvalue weighted by molar-refractivity contribution is -0.136. The molecule has 21 heavy (non-hydrogen) atoms. The van der Waals surface area contributed by atoms with Gasteiger partial charge in [0.15, 0.2) is 6.23 Å². The average Bonchev–Trinajstić information content (AvgIpc) is 2.65. The molecule has 0 aromatic carbocycles. The highest BCUT2D eigenvalue weighted by atomic mass is 16.6. The molecular weight excluding hydrogens is 274 g/mol. The van der Waals surface area contributed by atoms with Crippen molar-refractivity contribution in [3.63, 3.8) is 0 Å². The van der Waals surface area contributed by atoms with Gasteiger partial charge in [-0.1, -0.05) is 6.92 Å². The van der Waals surface area contributed by atoms with E-state index < -0.39 is 17.5 Å². The van der Waals surface area contributed by atoms with Crippen molar-refractivity contribution in [2.75, 3.05) is 19.5 Å². The fraction of sp³-hybridized carbons (Fsp3) is 0.714. The molecule has 2 bridgehead atoms. The monoisotopic (exact) mass is 295 g/mol. The van der Waals surface area contributed by atoms with Gasteiger partial charge in [0.05, 0.1) is 6.61 Å². The van der Waals surface area contributed by atoms with Crippen LogP contribution in [0.1, 0.15) is 31.6 Å². The van der Waals surface area contributed by atoms with Gasteiger partial charge in [0.1, 0.15) is 23.6 Å². The summed E-state index contributed by atoms with van der Waals surface area (Å²) in [4.78, 5) is 16.0. The zero-order chi connectivity index (χ0) is 15.2. The van der Waals surface area contributed by atoms with Crippen LogP contribution in [0.5, 0.6) is 0 Å². The van der Waals surface area contributed by atoms with Crippen LogP contribution in [0.2, 0.25) is 0 Å². The van der Waals surface area contributed by atoms with Crippen molar-refractivity contribution in [2.24, 2.45) is 0 Å². The van der Waals surface area contributed by atoms with Gasteiger partial charge in [-0.25, -0.2) is 4.79 Å².